The highest BCUT2D eigenvalue weighted by Crippen LogP contribution is 2.29. The van der Waals surface area contributed by atoms with Gasteiger partial charge in [-0.15, -0.1) is 0 Å². The summed E-state index contributed by atoms with van der Waals surface area (Å²) in [5, 5.41) is 2.96. The fourth-order valence-corrected chi connectivity index (χ4v) is 3.83. The van der Waals surface area contributed by atoms with Gasteiger partial charge in [0.25, 0.3) is 5.91 Å². The monoisotopic (exact) mass is 566 g/mol. The number of nitrogens with zero attached hydrogens (tertiary/aromatic N) is 1. The molecule has 0 heterocycles. The maximum Gasteiger partial charge on any atom is 0.261 e. The van der Waals surface area contributed by atoms with Crippen LogP contribution in [0.4, 0.5) is 0 Å². The Bertz CT molecular complexity index is 937. The first-order chi connectivity index (χ1) is 14.9. The topological polar surface area (TPSA) is 58.6 Å². The van der Waals surface area contributed by atoms with E-state index in [1.807, 2.05) is 63.2 Å². The van der Waals surface area contributed by atoms with Crippen molar-refractivity contribution in [2.24, 2.45) is 0 Å². The molecule has 0 aromatic heterocycles. The number of hydrogen-bond donors (Lipinski definition) is 1. The summed E-state index contributed by atoms with van der Waals surface area (Å²) in [6.45, 7) is 11.9. The molecule has 1 atom stereocenters. The third-order valence-electron chi connectivity index (χ3n) is 4.91. The van der Waals surface area contributed by atoms with E-state index in [1.54, 1.807) is 11.8 Å². The Labute approximate surface area is 208 Å². The van der Waals surface area contributed by atoms with Crippen LogP contribution in [0.2, 0.25) is 0 Å². The van der Waals surface area contributed by atoms with E-state index in [0.29, 0.717) is 18.2 Å². The van der Waals surface area contributed by atoms with E-state index in [0.717, 1.165) is 14.5 Å². The number of benzene rings is 2. The van der Waals surface area contributed by atoms with Crippen molar-refractivity contribution in [3.05, 3.63) is 62.5 Å². The largest absolute Gasteiger partial charge is 0.483 e. The van der Waals surface area contributed by atoms with E-state index < -0.39 is 11.6 Å². The molecular weight excluding hydrogens is 536 g/mol. The number of rotatable bonds is 8. The number of amides is 2. The molecule has 2 rings (SSSR count). The van der Waals surface area contributed by atoms with Crippen molar-refractivity contribution < 1.29 is 14.3 Å². The lowest BCUT2D eigenvalue weighted by Crippen LogP contribution is -2.53. The normalized spacial score (nSPS) is 12.4. The highest BCUT2D eigenvalue weighted by molar-refractivity contribution is 9.10. The van der Waals surface area contributed by atoms with Crippen molar-refractivity contribution in [2.75, 3.05) is 6.61 Å². The van der Waals surface area contributed by atoms with Crippen LogP contribution in [0.15, 0.2) is 51.4 Å². The van der Waals surface area contributed by atoms with Gasteiger partial charge in [0.05, 0.1) is 4.47 Å². The fourth-order valence-electron chi connectivity index (χ4n) is 3.06. The minimum Gasteiger partial charge on any atom is -0.483 e. The van der Waals surface area contributed by atoms with E-state index in [1.165, 1.54) is 5.56 Å². The number of halogens is 2. The molecule has 0 spiro atoms. The quantitative estimate of drug-likeness (QED) is 0.422. The van der Waals surface area contributed by atoms with Gasteiger partial charge in [-0.05, 0) is 84.9 Å². The maximum atomic E-state index is 13.2. The first-order valence-corrected chi connectivity index (χ1v) is 12.2. The number of ether oxygens (including phenoxy) is 1. The van der Waals surface area contributed by atoms with Crippen molar-refractivity contribution in [1.82, 2.24) is 10.2 Å². The lowest BCUT2D eigenvalue weighted by Gasteiger charge is -2.31. The summed E-state index contributed by atoms with van der Waals surface area (Å²) in [6.07, 6.45) is 0. The molecule has 2 amide bonds. The van der Waals surface area contributed by atoms with E-state index >= 15 is 0 Å². The van der Waals surface area contributed by atoms with Crippen LogP contribution < -0.4 is 10.1 Å². The zero-order valence-electron chi connectivity index (χ0n) is 19.5. The van der Waals surface area contributed by atoms with E-state index in [2.05, 4.69) is 51.0 Å². The van der Waals surface area contributed by atoms with E-state index in [-0.39, 0.29) is 18.4 Å². The van der Waals surface area contributed by atoms with E-state index in [4.69, 9.17) is 4.74 Å². The summed E-state index contributed by atoms with van der Waals surface area (Å²) < 4.78 is 7.58. The predicted octanol–water partition coefficient (Wildman–Crippen LogP) is 6.05. The highest BCUT2D eigenvalue weighted by Gasteiger charge is 2.28. The second-order valence-electron chi connectivity index (χ2n) is 9.20. The van der Waals surface area contributed by atoms with E-state index in [9.17, 15) is 9.59 Å². The number of nitrogens with one attached hydrogen (secondary N) is 1. The summed E-state index contributed by atoms with van der Waals surface area (Å²) in [5.41, 5.74) is 1.72. The SMILES string of the molecule is CC(C)c1ccc(OCC(=O)N(Cc2ccc(Br)cc2)[C@@H](C)C(=O)NC(C)(C)C)c(Br)c1. The van der Waals surface area contributed by atoms with Crippen molar-refractivity contribution >= 4 is 43.7 Å². The zero-order chi connectivity index (χ0) is 24.1. The van der Waals surface area contributed by atoms with Gasteiger partial charge in [-0.2, -0.15) is 0 Å². The molecule has 1 N–H and O–H groups in total. The molecule has 5 nitrogen and oxygen atoms in total. The first-order valence-electron chi connectivity index (χ1n) is 10.7. The van der Waals surface area contributed by atoms with Crippen LogP contribution in [0.5, 0.6) is 5.75 Å². The molecule has 0 saturated heterocycles. The summed E-state index contributed by atoms with van der Waals surface area (Å²) >= 11 is 6.96. The lowest BCUT2D eigenvalue weighted by molar-refractivity contribution is -0.142. The first kappa shape index (κ1) is 26.4. The Morgan fingerprint density at radius 2 is 1.66 bits per heavy atom. The highest BCUT2D eigenvalue weighted by atomic mass is 79.9. The van der Waals surface area contributed by atoms with Crippen LogP contribution in [-0.4, -0.2) is 34.9 Å². The molecular formula is C25H32Br2N2O3. The minimum absolute atomic E-state index is 0.163. The van der Waals surface area contributed by atoms with Gasteiger partial charge in [0.1, 0.15) is 11.8 Å². The Hall–Kier alpha value is -1.86. The number of hydrogen-bond acceptors (Lipinski definition) is 3. The van der Waals surface area contributed by atoms with Gasteiger partial charge in [0.2, 0.25) is 5.91 Å². The maximum absolute atomic E-state index is 13.2. The van der Waals surface area contributed by atoms with Gasteiger partial charge in [0.15, 0.2) is 6.61 Å². The Balaban J connectivity index is 2.19. The molecule has 2 aromatic rings. The van der Waals surface area contributed by atoms with Gasteiger partial charge in [-0.25, -0.2) is 0 Å². The fraction of sp³-hybridized carbons (Fsp3) is 0.440. The molecule has 0 saturated carbocycles. The molecule has 0 radical (unpaired) electrons. The van der Waals surface area contributed by atoms with Crippen molar-refractivity contribution in [2.45, 2.75) is 65.6 Å². The second-order valence-corrected chi connectivity index (χ2v) is 11.0. The van der Waals surface area contributed by atoms with Gasteiger partial charge in [-0.1, -0.05) is 48.0 Å². The summed E-state index contributed by atoms with van der Waals surface area (Å²) in [4.78, 5) is 27.6. The molecule has 32 heavy (non-hydrogen) atoms. The molecule has 2 aromatic carbocycles. The Kier molecular flexibility index (Phi) is 9.34. The molecule has 0 aliphatic carbocycles. The Morgan fingerprint density at radius 1 is 1.03 bits per heavy atom. The zero-order valence-corrected chi connectivity index (χ0v) is 22.7. The summed E-state index contributed by atoms with van der Waals surface area (Å²) in [7, 11) is 0. The predicted molar refractivity (Wildman–Crippen MR) is 136 cm³/mol. The molecule has 0 bridgehead atoms. The van der Waals surface area contributed by atoms with Crippen molar-refractivity contribution in [3.63, 3.8) is 0 Å². The lowest BCUT2D eigenvalue weighted by atomic mass is 10.0. The van der Waals surface area contributed by atoms with Crippen LogP contribution in [0.25, 0.3) is 0 Å². The van der Waals surface area contributed by atoms with Gasteiger partial charge in [-0.3, -0.25) is 9.59 Å². The molecule has 0 aliphatic heterocycles. The van der Waals surface area contributed by atoms with Crippen molar-refractivity contribution in [3.8, 4) is 5.75 Å². The second kappa shape index (κ2) is 11.3. The smallest absolute Gasteiger partial charge is 0.261 e. The molecule has 0 fully saturated rings. The van der Waals surface area contributed by atoms with Crippen molar-refractivity contribution in [1.29, 1.82) is 0 Å². The average Bonchev–Trinajstić information content (AvgIpc) is 2.70. The minimum atomic E-state index is -0.652. The molecule has 0 aliphatic rings. The van der Waals surface area contributed by atoms with Crippen LogP contribution in [0.3, 0.4) is 0 Å². The standard InChI is InChI=1S/C25H32Br2N2O3/c1-16(2)19-9-12-22(21(27)13-19)32-15-23(30)29(14-18-7-10-20(26)11-8-18)17(3)24(31)28-25(4,5)6/h7-13,16-17H,14-15H2,1-6H3,(H,28,31)/t17-/m0/s1. The van der Waals surface area contributed by atoms with Crippen LogP contribution >= 0.6 is 31.9 Å². The Morgan fingerprint density at radius 3 is 2.19 bits per heavy atom. The third-order valence-corrected chi connectivity index (χ3v) is 6.05. The number of carbonyl (C=O) groups is 2. The number of carbonyl (C=O) groups excluding carboxylic acids is 2. The molecule has 0 unspecified atom stereocenters. The molecule has 174 valence electrons. The summed E-state index contributed by atoms with van der Waals surface area (Å²) in [6, 6.07) is 12.9. The summed E-state index contributed by atoms with van der Waals surface area (Å²) in [5.74, 6) is 0.526. The molecule has 7 heteroatoms. The van der Waals surface area contributed by atoms with Crippen LogP contribution in [-0.2, 0) is 16.1 Å². The average molecular weight is 568 g/mol. The van der Waals surface area contributed by atoms with Crippen LogP contribution in [0, 0.1) is 0 Å². The third kappa shape index (κ3) is 7.93. The van der Waals surface area contributed by atoms with Crippen LogP contribution in [0.1, 0.15) is 58.6 Å². The van der Waals surface area contributed by atoms with Gasteiger partial charge < -0.3 is 15.0 Å². The van der Waals surface area contributed by atoms with Gasteiger partial charge in [0, 0.05) is 16.6 Å². The van der Waals surface area contributed by atoms with Gasteiger partial charge >= 0.3 is 0 Å².